The first kappa shape index (κ1) is 15.5. The summed E-state index contributed by atoms with van der Waals surface area (Å²) in [5, 5.41) is 0. The minimum absolute atomic E-state index is 0.419. The van der Waals surface area contributed by atoms with E-state index in [-0.39, 0.29) is 0 Å². The summed E-state index contributed by atoms with van der Waals surface area (Å²) in [6.45, 7) is 6.97. The summed E-state index contributed by atoms with van der Waals surface area (Å²) in [6, 6.07) is 14.2. The van der Waals surface area contributed by atoms with Crippen molar-refractivity contribution in [1.82, 2.24) is 0 Å². The van der Waals surface area contributed by atoms with E-state index in [9.17, 15) is 0 Å². The molecule has 0 aliphatic rings. The Morgan fingerprint density at radius 3 is 2.38 bits per heavy atom. The SMILES string of the molecule is Cc1ccc(C(C)C)cc1OCc1ccc(C(N)=S)cc1. The van der Waals surface area contributed by atoms with Crippen LogP contribution in [0.25, 0.3) is 0 Å². The number of hydrogen-bond donors (Lipinski definition) is 1. The van der Waals surface area contributed by atoms with Gasteiger partial charge in [0.2, 0.25) is 0 Å². The molecule has 0 spiro atoms. The van der Waals surface area contributed by atoms with E-state index in [1.54, 1.807) is 0 Å². The van der Waals surface area contributed by atoms with E-state index in [1.807, 2.05) is 24.3 Å². The van der Waals surface area contributed by atoms with Gasteiger partial charge in [-0.3, -0.25) is 0 Å². The quantitative estimate of drug-likeness (QED) is 0.835. The van der Waals surface area contributed by atoms with E-state index >= 15 is 0 Å². The van der Waals surface area contributed by atoms with Crippen LogP contribution in [0.5, 0.6) is 5.75 Å². The smallest absolute Gasteiger partial charge is 0.122 e. The molecule has 0 aromatic heterocycles. The molecule has 0 saturated heterocycles. The lowest BCUT2D eigenvalue weighted by atomic mass is 10.0. The lowest BCUT2D eigenvalue weighted by molar-refractivity contribution is 0.303. The molecule has 0 aliphatic heterocycles. The van der Waals surface area contributed by atoms with Gasteiger partial charge in [0, 0.05) is 5.56 Å². The van der Waals surface area contributed by atoms with Crippen LogP contribution in [0.2, 0.25) is 0 Å². The molecule has 0 saturated carbocycles. The van der Waals surface area contributed by atoms with Gasteiger partial charge in [-0.25, -0.2) is 0 Å². The molecule has 0 radical (unpaired) electrons. The minimum Gasteiger partial charge on any atom is -0.489 e. The Bertz CT molecular complexity index is 632. The molecule has 0 heterocycles. The van der Waals surface area contributed by atoms with Crippen LogP contribution in [0.1, 0.15) is 42.0 Å². The van der Waals surface area contributed by atoms with Gasteiger partial charge in [0.1, 0.15) is 17.3 Å². The summed E-state index contributed by atoms with van der Waals surface area (Å²) < 4.78 is 5.95. The molecule has 0 fully saturated rings. The number of benzene rings is 2. The van der Waals surface area contributed by atoms with Gasteiger partial charge < -0.3 is 10.5 Å². The Hall–Kier alpha value is -1.87. The van der Waals surface area contributed by atoms with E-state index < -0.39 is 0 Å². The Balaban J connectivity index is 2.08. The highest BCUT2D eigenvalue weighted by atomic mass is 32.1. The zero-order valence-electron chi connectivity index (χ0n) is 12.7. The molecule has 0 atom stereocenters. The highest BCUT2D eigenvalue weighted by molar-refractivity contribution is 7.80. The van der Waals surface area contributed by atoms with Crippen molar-refractivity contribution in [2.75, 3.05) is 0 Å². The Labute approximate surface area is 131 Å². The van der Waals surface area contributed by atoms with Crippen molar-refractivity contribution in [3.05, 3.63) is 64.7 Å². The van der Waals surface area contributed by atoms with Crippen LogP contribution in [0, 0.1) is 6.92 Å². The normalized spacial score (nSPS) is 10.7. The molecule has 2 nitrogen and oxygen atoms in total. The number of rotatable bonds is 5. The van der Waals surface area contributed by atoms with E-state index in [1.165, 1.54) is 5.56 Å². The van der Waals surface area contributed by atoms with Crippen LogP contribution in [-0.4, -0.2) is 4.99 Å². The van der Waals surface area contributed by atoms with Crippen molar-refractivity contribution in [1.29, 1.82) is 0 Å². The monoisotopic (exact) mass is 299 g/mol. The summed E-state index contributed by atoms with van der Waals surface area (Å²) in [5.41, 5.74) is 10.0. The predicted molar refractivity (Wildman–Crippen MR) is 91.9 cm³/mol. The Kier molecular flexibility index (Phi) is 4.97. The van der Waals surface area contributed by atoms with Crippen molar-refractivity contribution in [3.63, 3.8) is 0 Å². The molecule has 0 bridgehead atoms. The van der Waals surface area contributed by atoms with Crippen LogP contribution in [0.4, 0.5) is 0 Å². The Morgan fingerprint density at radius 2 is 1.81 bits per heavy atom. The standard InChI is InChI=1S/C18H21NOS/c1-12(2)16-7-4-13(3)17(10-16)20-11-14-5-8-15(9-6-14)18(19)21/h4-10,12H,11H2,1-3H3,(H2,19,21). The first-order valence-electron chi connectivity index (χ1n) is 7.09. The molecule has 21 heavy (non-hydrogen) atoms. The van der Waals surface area contributed by atoms with Crippen molar-refractivity contribution in [3.8, 4) is 5.75 Å². The number of ether oxygens (including phenoxy) is 1. The molecule has 2 aromatic rings. The topological polar surface area (TPSA) is 35.2 Å². The van der Waals surface area contributed by atoms with Crippen LogP contribution in [-0.2, 0) is 6.61 Å². The maximum atomic E-state index is 5.95. The molecule has 3 heteroatoms. The Morgan fingerprint density at radius 1 is 1.14 bits per heavy atom. The number of aryl methyl sites for hydroxylation is 1. The largest absolute Gasteiger partial charge is 0.489 e. The number of thiocarbonyl (C=S) groups is 1. The van der Waals surface area contributed by atoms with Gasteiger partial charge in [-0.2, -0.15) is 0 Å². The van der Waals surface area contributed by atoms with E-state index in [4.69, 9.17) is 22.7 Å². The average molecular weight is 299 g/mol. The fraction of sp³-hybridized carbons (Fsp3) is 0.278. The third kappa shape index (κ3) is 4.05. The number of hydrogen-bond acceptors (Lipinski definition) is 2. The fourth-order valence-electron chi connectivity index (χ4n) is 2.06. The first-order valence-corrected chi connectivity index (χ1v) is 7.50. The van der Waals surface area contributed by atoms with Crippen molar-refractivity contribution in [2.24, 2.45) is 5.73 Å². The third-order valence-corrected chi connectivity index (χ3v) is 3.75. The van der Waals surface area contributed by atoms with Gasteiger partial charge in [-0.15, -0.1) is 0 Å². The van der Waals surface area contributed by atoms with Crippen LogP contribution >= 0.6 is 12.2 Å². The molecule has 110 valence electrons. The molecule has 2 rings (SSSR count). The first-order chi connectivity index (χ1) is 9.97. The molecule has 2 N–H and O–H groups in total. The molecular weight excluding hydrogens is 278 g/mol. The van der Waals surface area contributed by atoms with Gasteiger partial charge in [-0.05, 0) is 35.6 Å². The van der Waals surface area contributed by atoms with Gasteiger partial charge >= 0.3 is 0 Å². The molecule has 0 unspecified atom stereocenters. The molecule has 0 amide bonds. The van der Waals surface area contributed by atoms with E-state index in [2.05, 4.69) is 39.0 Å². The third-order valence-electron chi connectivity index (χ3n) is 3.51. The lowest BCUT2D eigenvalue weighted by Crippen LogP contribution is -2.09. The maximum Gasteiger partial charge on any atom is 0.122 e. The lowest BCUT2D eigenvalue weighted by Gasteiger charge is -2.13. The summed E-state index contributed by atoms with van der Waals surface area (Å²) in [7, 11) is 0. The predicted octanol–water partition coefficient (Wildman–Crippen LogP) is 4.33. The fourth-order valence-corrected chi connectivity index (χ4v) is 2.19. The second-order valence-electron chi connectivity index (χ2n) is 5.53. The highest BCUT2D eigenvalue weighted by Crippen LogP contribution is 2.25. The van der Waals surface area contributed by atoms with Gasteiger partial charge in [0.25, 0.3) is 0 Å². The zero-order valence-corrected chi connectivity index (χ0v) is 13.5. The minimum atomic E-state index is 0.419. The molecular formula is C18H21NOS. The maximum absolute atomic E-state index is 5.95. The summed E-state index contributed by atoms with van der Waals surface area (Å²) in [4.78, 5) is 0.419. The van der Waals surface area contributed by atoms with Gasteiger partial charge in [0.05, 0.1) is 0 Å². The second kappa shape index (κ2) is 6.72. The molecule has 0 aliphatic carbocycles. The second-order valence-corrected chi connectivity index (χ2v) is 5.97. The van der Waals surface area contributed by atoms with Crippen LogP contribution < -0.4 is 10.5 Å². The van der Waals surface area contributed by atoms with Gasteiger partial charge in [-0.1, -0.05) is 62.5 Å². The van der Waals surface area contributed by atoms with Crippen molar-refractivity contribution < 1.29 is 4.74 Å². The highest BCUT2D eigenvalue weighted by Gasteiger charge is 2.05. The van der Waals surface area contributed by atoms with Crippen LogP contribution in [0.15, 0.2) is 42.5 Å². The number of nitrogens with two attached hydrogens (primary N) is 1. The van der Waals surface area contributed by atoms with Gasteiger partial charge in [0.15, 0.2) is 0 Å². The average Bonchev–Trinajstić information content (AvgIpc) is 2.46. The summed E-state index contributed by atoms with van der Waals surface area (Å²) >= 11 is 4.95. The zero-order chi connectivity index (χ0) is 15.4. The van der Waals surface area contributed by atoms with E-state index in [0.717, 1.165) is 22.4 Å². The van der Waals surface area contributed by atoms with Crippen LogP contribution in [0.3, 0.4) is 0 Å². The van der Waals surface area contributed by atoms with Crippen molar-refractivity contribution >= 4 is 17.2 Å². The summed E-state index contributed by atoms with van der Waals surface area (Å²) in [6.07, 6.45) is 0. The van der Waals surface area contributed by atoms with E-state index in [0.29, 0.717) is 17.5 Å². The molecule has 2 aromatic carbocycles. The summed E-state index contributed by atoms with van der Waals surface area (Å²) in [5.74, 6) is 1.44. The van der Waals surface area contributed by atoms with Crippen molar-refractivity contribution in [2.45, 2.75) is 33.3 Å².